The molecule has 0 amide bonds. The summed E-state index contributed by atoms with van der Waals surface area (Å²) >= 11 is 6.14. The fourth-order valence-electron chi connectivity index (χ4n) is 4.07. The predicted molar refractivity (Wildman–Crippen MR) is 86.0 cm³/mol. The van der Waals surface area contributed by atoms with Crippen LogP contribution in [0.4, 0.5) is 13.2 Å². The van der Waals surface area contributed by atoms with E-state index in [9.17, 15) is 23.1 Å². The second-order valence-electron chi connectivity index (χ2n) is 6.56. The Bertz CT molecular complexity index is 737. The third-order valence-electron chi connectivity index (χ3n) is 5.19. The van der Waals surface area contributed by atoms with Gasteiger partial charge in [0.05, 0.1) is 10.4 Å². The van der Waals surface area contributed by atoms with Gasteiger partial charge < -0.3 is 5.11 Å². The zero-order chi connectivity index (χ0) is 17.7. The molecule has 2 aliphatic rings. The van der Waals surface area contributed by atoms with Crippen molar-refractivity contribution in [2.45, 2.75) is 51.6 Å². The van der Waals surface area contributed by atoms with E-state index in [-0.39, 0.29) is 41.4 Å². The van der Waals surface area contributed by atoms with Crippen LogP contribution in [0.1, 0.15) is 50.2 Å². The number of alkyl halides is 3. The van der Waals surface area contributed by atoms with Crippen molar-refractivity contribution in [1.82, 2.24) is 0 Å². The number of phenolic OH excluding ortho intramolecular Hbond substituents is 1. The number of aromatic hydroxyl groups is 1. The number of fused-ring (bicyclic) bond motifs is 3. The van der Waals surface area contributed by atoms with Crippen molar-refractivity contribution in [3.63, 3.8) is 0 Å². The minimum absolute atomic E-state index is 0.0552. The molecule has 2 nitrogen and oxygen atoms in total. The maximum atomic E-state index is 13.6. The Morgan fingerprint density at radius 3 is 2.62 bits per heavy atom. The van der Waals surface area contributed by atoms with Gasteiger partial charge in [0, 0.05) is 12.0 Å². The fourth-order valence-corrected chi connectivity index (χ4v) is 4.30. The van der Waals surface area contributed by atoms with Crippen LogP contribution in [0.15, 0.2) is 17.7 Å². The zero-order valence-electron chi connectivity index (χ0n) is 13.3. The molecule has 0 heterocycles. The molecular weight excluding hydrogens is 341 g/mol. The van der Waals surface area contributed by atoms with Gasteiger partial charge >= 0.3 is 6.18 Å². The lowest BCUT2D eigenvalue weighted by atomic mass is 9.66. The molecule has 3 rings (SSSR count). The van der Waals surface area contributed by atoms with Crippen LogP contribution in [-0.2, 0) is 11.2 Å². The molecule has 1 aromatic rings. The summed E-state index contributed by atoms with van der Waals surface area (Å²) in [6, 6.07) is 2.76. The zero-order valence-corrected chi connectivity index (χ0v) is 14.0. The lowest BCUT2D eigenvalue weighted by Crippen LogP contribution is -2.37. The molecule has 1 aromatic carbocycles. The molecule has 0 aliphatic heterocycles. The van der Waals surface area contributed by atoms with Gasteiger partial charge in [0.1, 0.15) is 11.5 Å². The van der Waals surface area contributed by atoms with Crippen molar-refractivity contribution in [1.29, 1.82) is 0 Å². The predicted octanol–water partition coefficient (Wildman–Crippen LogP) is 5.46. The number of allylic oxidation sites excluding steroid dienone is 2. The number of phenols is 1. The number of unbranched alkanes of at least 4 members (excludes halogenated alkanes) is 1. The fraction of sp³-hybridized carbons (Fsp3) is 0.500. The van der Waals surface area contributed by atoms with Crippen molar-refractivity contribution < 1.29 is 23.1 Å². The number of carbonyl (C=O) groups is 1. The van der Waals surface area contributed by atoms with E-state index in [1.54, 1.807) is 0 Å². The van der Waals surface area contributed by atoms with Crippen molar-refractivity contribution >= 4 is 23.0 Å². The molecule has 1 N–H and O–H groups in total. The summed E-state index contributed by atoms with van der Waals surface area (Å²) in [5.74, 6) is -0.313. The first-order chi connectivity index (χ1) is 11.2. The second-order valence-corrected chi connectivity index (χ2v) is 6.94. The minimum Gasteiger partial charge on any atom is -0.506 e. The maximum absolute atomic E-state index is 13.6. The van der Waals surface area contributed by atoms with E-state index in [0.29, 0.717) is 24.0 Å². The quantitative estimate of drug-likeness (QED) is 0.779. The van der Waals surface area contributed by atoms with Crippen LogP contribution in [-0.4, -0.2) is 17.1 Å². The third-order valence-corrected chi connectivity index (χ3v) is 5.61. The largest absolute Gasteiger partial charge is 0.506 e. The Balaban J connectivity index is 2.30. The number of ketones is 1. The molecule has 1 atom stereocenters. The molecule has 0 aromatic heterocycles. The van der Waals surface area contributed by atoms with E-state index >= 15 is 0 Å². The Morgan fingerprint density at radius 2 is 2.00 bits per heavy atom. The van der Waals surface area contributed by atoms with E-state index in [1.807, 2.05) is 6.92 Å². The number of hydrogen-bond donors (Lipinski definition) is 1. The number of hydrogen-bond acceptors (Lipinski definition) is 2. The maximum Gasteiger partial charge on any atom is 0.413 e. The summed E-state index contributed by atoms with van der Waals surface area (Å²) in [5, 5.41) is 9.87. The van der Waals surface area contributed by atoms with Crippen molar-refractivity contribution in [2.24, 2.45) is 5.41 Å². The first-order valence-corrected chi connectivity index (χ1v) is 8.45. The van der Waals surface area contributed by atoms with Crippen LogP contribution in [0.25, 0.3) is 5.57 Å². The van der Waals surface area contributed by atoms with Crippen LogP contribution in [0.3, 0.4) is 0 Å². The minimum atomic E-state index is -4.47. The molecule has 0 saturated carbocycles. The van der Waals surface area contributed by atoms with Crippen LogP contribution in [0, 0.1) is 5.41 Å². The molecule has 0 radical (unpaired) electrons. The lowest BCUT2D eigenvalue weighted by Gasteiger charge is -2.36. The first kappa shape index (κ1) is 17.3. The van der Waals surface area contributed by atoms with Gasteiger partial charge in [-0.3, -0.25) is 4.79 Å². The number of halogens is 4. The van der Waals surface area contributed by atoms with Crippen molar-refractivity contribution in [2.75, 3.05) is 0 Å². The molecule has 6 heteroatoms. The Hall–Kier alpha value is -1.49. The highest BCUT2D eigenvalue weighted by Gasteiger charge is 2.54. The number of carbonyl (C=O) groups excluding carboxylic acids is 1. The number of benzene rings is 1. The van der Waals surface area contributed by atoms with E-state index in [1.165, 1.54) is 12.1 Å². The average molecular weight is 359 g/mol. The molecule has 0 fully saturated rings. The molecule has 130 valence electrons. The SMILES string of the molecule is CCCCC12Cc3c(ccc(O)c3Cl)C1=C(C(F)(F)F)CCC2=O. The Labute approximate surface area is 143 Å². The Morgan fingerprint density at radius 1 is 1.29 bits per heavy atom. The van der Waals surface area contributed by atoms with Gasteiger partial charge in [-0.25, -0.2) is 0 Å². The summed E-state index contributed by atoms with van der Waals surface area (Å²) in [7, 11) is 0. The summed E-state index contributed by atoms with van der Waals surface area (Å²) in [4.78, 5) is 12.7. The molecule has 1 unspecified atom stereocenters. The van der Waals surface area contributed by atoms with Gasteiger partial charge in [-0.15, -0.1) is 0 Å². The molecule has 2 aliphatic carbocycles. The summed E-state index contributed by atoms with van der Waals surface area (Å²) in [6.07, 6.45) is -2.88. The summed E-state index contributed by atoms with van der Waals surface area (Å²) in [5.41, 5.74) is -0.844. The Kier molecular flexibility index (Phi) is 4.19. The van der Waals surface area contributed by atoms with Crippen LogP contribution < -0.4 is 0 Å². The topological polar surface area (TPSA) is 37.3 Å². The van der Waals surface area contributed by atoms with Gasteiger partial charge in [0.15, 0.2) is 0 Å². The lowest BCUT2D eigenvalue weighted by molar-refractivity contribution is -0.128. The van der Waals surface area contributed by atoms with E-state index in [2.05, 4.69) is 0 Å². The highest BCUT2D eigenvalue weighted by Crippen LogP contribution is 2.59. The van der Waals surface area contributed by atoms with Crippen LogP contribution in [0.2, 0.25) is 5.02 Å². The number of rotatable bonds is 3. The summed E-state index contributed by atoms with van der Waals surface area (Å²) in [6.45, 7) is 1.94. The average Bonchev–Trinajstić information content (AvgIpc) is 2.85. The number of Topliss-reactive ketones (excluding diaryl/α,β-unsaturated/α-hetero) is 1. The third kappa shape index (κ3) is 2.44. The summed E-state index contributed by atoms with van der Waals surface area (Å²) < 4.78 is 40.9. The monoisotopic (exact) mass is 358 g/mol. The van der Waals surface area contributed by atoms with Crippen LogP contribution in [0.5, 0.6) is 5.75 Å². The standard InChI is InChI=1S/C18H18ClF3O2/c1-2-3-8-17-9-11-10(4-6-13(23)16(11)19)15(17)12(18(20,21)22)5-7-14(17)24/h4,6,23H,2-3,5,7-9H2,1H3. The molecule has 24 heavy (non-hydrogen) atoms. The van der Waals surface area contributed by atoms with Gasteiger partial charge in [0.2, 0.25) is 0 Å². The molecule has 0 bridgehead atoms. The van der Waals surface area contributed by atoms with E-state index in [4.69, 9.17) is 11.6 Å². The van der Waals surface area contributed by atoms with Gasteiger partial charge in [0.25, 0.3) is 0 Å². The van der Waals surface area contributed by atoms with Crippen LogP contribution >= 0.6 is 11.6 Å². The van der Waals surface area contributed by atoms with Crippen molar-refractivity contribution in [3.05, 3.63) is 33.9 Å². The molecule has 0 spiro atoms. The highest BCUT2D eigenvalue weighted by atomic mass is 35.5. The van der Waals surface area contributed by atoms with Gasteiger partial charge in [-0.05, 0) is 42.0 Å². The van der Waals surface area contributed by atoms with Gasteiger partial charge in [-0.2, -0.15) is 13.2 Å². The smallest absolute Gasteiger partial charge is 0.413 e. The highest BCUT2D eigenvalue weighted by molar-refractivity contribution is 6.33. The molecule has 0 saturated heterocycles. The molecular formula is C18H18ClF3O2. The van der Waals surface area contributed by atoms with Gasteiger partial charge in [-0.1, -0.05) is 37.4 Å². The normalized spacial score (nSPS) is 23.5. The van der Waals surface area contributed by atoms with E-state index < -0.39 is 17.2 Å². The first-order valence-electron chi connectivity index (χ1n) is 8.07. The van der Waals surface area contributed by atoms with Crippen molar-refractivity contribution in [3.8, 4) is 5.75 Å². The van der Waals surface area contributed by atoms with E-state index in [0.717, 1.165) is 6.42 Å². The second kappa shape index (κ2) is 5.80.